The number of nitrogens with one attached hydrogen (secondary N) is 1. The van der Waals surface area contributed by atoms with Gasteiger partial charge in [0.15, 0.2) is 0 Å². The number of carbonyl (C=O) groups excluding carboxylic acids is 1. The van der Waals surface area contributed by atoms with E-state index >= 15 is 0 Å². The van der Waals surface area contributed by atoms with Gasteiger partial charge in [0.05, 0.1) is 28.8 Å². The first kappa shape index (κ1) is 22.6. The second-order valence-corrected chi connectivity index (χ2v) is 10.3. The van der Waals surface area contributed by atoms with Gasteiger partial charge in [-0.25, -0.2) is 12.8 Å². The highest BCUT2D eigenvalue weighted by atomic mass is 35.5. The van der Waals surface area contributed by atoms with Crippen molar-refractivity contribution in [3.05, 3.63) is 63.3 Å². The first-order valence-electron chi connectivity index (χ1n) is 9.56. The molecule has 1 atom stereocenters. The van der Waals surface area contributed by atoms with Gasteiger partial charge in [0, 0.05) is 6.54 Å². The van der Waals surface area contributed by atoms with E-state index in [2.05, 4.69) is 15.5 Å². The lowest BCUT2D eigenvalue weighted by atomic mass is 10.2. The van der Waals surface area contributed by atoms with Crippen LogP contribution in [-0.4, -0.2) is 42.5 Å². The van der Waals surface area contributed by atoms with E-state index < -0.39 is 27.8 Å². The summed E-state index contributed by atoms with van der Waals surface area (Å²) in [6.07, 6.45) is 1.16. The first-order valence-corrected chi connectivity index (χ1v) is 12.2. The van der Waals surface area contributed by atoms with Crippen molar-refractivity contribution in [1.82, 2.24) is 14.5 Å². The van der Waals surface area contributed by atoms with Crippen LogP contribution in [0.25, 0.3) is 0 Å². The van der Waals surface area contributed by atoms with E-state index in [0.717, 1.165) is 11.3 Å². The van der Waals surface area contributed by atoms with E-state index in [4.69, 9.17) is 16.3 Å². The predicted octanol–water partition coefficient (Wildman–Crippen LogP) is 4.12. The highest BCUT2D eigenvalue weighted by molar-refractivity contribution is 7.89. The van der Waals surface area contributed by atoms with Crippen LogP contribution < -0.4 is 10.1 Å². The minimum absolute atomic E-state index is 0.0139. The highest BCUT2D eigenvalue weighted by Gasteiger charge is 2.38. The number of aromatic nitrogens is 2. The van der Waals surface area contributed by atoms with Gasteiger partial charge in [-0.1, -0.05) is 35.1 Å². The van der Waals surface area contributed by atoms with Gasteiger partial charge in [-0.15, -0.1) is 10.2 Å². The summed E-state index contributed by atoms with van der Waals surface area (Å²) in [5, 5.41) is 11.0. The fourth-order valence-electron chi connectivity index (χ4n) is 3.42. The molecule has 168 valence electrons. The lowest BCUT2D eigenvalue weighted by Gasteiger charge is -2.22. The predicted molar refractivity (Wildman–Crippen MR) is 118 cm³/mol. The maximum atomic E-state index is 13.8. The van der Waals surface area contributed by atoms with E-state index in [1.54, 1.807) is 6.07 Å². The van der Waals surface area contributed by atoms with Gasteiger partial charge in [0.1, 0.15) is 16.6 Å². The Bertz CT molecular complexity index is 1270. The standard InChI is InChI=1S/C20H18ClFN4O4S2/c1-30-17-9-8-12(11-13(17)21)32(28,29)26-10-4-7-16(26)19-24-25-20(31-19)18(27)23-15-6-3-2-5-14(15)22/h2-3,5-6,8-9,11,16H,4,7,10H2,1H3,(H,23,27)/t16-/m0/s1. The third kappa shape index (κ3) is 4.33. The summed E-state index contributed by atoms with van der Waals surface area (Å²) < 4.78 is 46.7. The zero-order chi connectivity index (χ0) is 22.9. The van der Waals surface area contributed by atoms with E-state index in [9.17, 15) is 17.6 Å². The summed E-state index contributed by atoms with van der Waals surface area (Å²) in [7, 11) is -2.42. The number of sulfonamides is 1. The molecule has 2 heterocycles. The molecule has 0 spiro atoms. The molecule has 1 fully saturated rings. The van der Waals surface area contributed by atoms with E-state index in [1.807, 2.05) is 0 Å². The number of anilines is 1. The third-order valence-corrected chi connectivity index (χ3v) is 8.20. The summed E-state index contributed by atoms with van der Waals surface area (Å²) >= 11 is 7.09. The summed E-state index contributed by atoms with van der Waals surface area (Å²) in [6.45, 7) is 0.299. The number of nitrogens with zero attached hydrogens (tertiary/aromatic N) is 3. The van der Waals surface area contributed by atoms with E-state index in [0.29, 0.717) is 30.1 Å². The van der Waals surface area contributed by atoms with Crippen LogP contribution in [0.3, 0.4) is 0 Å². The van der Waals surface area contributed by atoms with Crippen molar-refractivity contribution in [3.8, 4) is 5.75 Å². The number of carbonyl (C=O) groups is 1. The molecule has 1 aliphatic heterocycles. The molecule has 1 N–H and O–H groups in total. The summed E-state index contributed by atoms with van der Waals surface area (Å²) in [5.41, 5.74) is 0.0238. The molecule has 3 aromatic rings. The number of para-hydroxylation sites is 1. The Balaban J connectivity index is 1.56. The normalized spacial score (nSPS) is 16.8. The molecule has 32 heavy (non-hydrogen) atoms. The Kier molecular flexibility index (Phi) is 6.42. The lowest BCUT2D eigenvalue weighted by Crippen LogP contribution is -2.30. The Morgan fingerprint density at radius 2 is 2.06 bits per heavy atom. The zero-order valence-electron chi connectivity index (χ0n) is 16.8. The average Bonchev–Trinajstić information content (AvgIpc) is 3.45. The summed E-state index contributed by atoms with van der Waals surface area (Å²) in [4.78, 5) is 12.5. The molecule has 1 aliphatic rings. The third-order valence-electron chi connectivity index (χ3n) is 4.98. The molecule has 0 unspecified atom stereocenters. The quantitative estimate of drug-likeness (QED) is 0.551. The number of hydrogen-bond donors (Lipinski definition) is 1. The van der Waals surface area contributed by atoms with Crippen LogP contribution in [0.2, 0.25) is 5.02 Å². The van der Waals surface area contributed by atoms with Gasteiger partial charge in [-0.2, -0.15) is 4.31 Å². The van der Waals surface area contributed by atoms with Crippen LogP contribution in [0.5, 0.6) is 5.75 Å². The number of ether oxygens (including phenoxy) is 1. The number of hydrogen-bond acceptors (Lipinski definition) is 7. The average molecular weight is 497 g/mol. The molecule has 1 aromatic heterocycles. The number of rotatable bonds is 6. The highest BCUT2D eigenvalue weighted by Crippen LogP contribution is 2.39. The number of amides is 1. The smallest absolute Gasteiger partial charge is 0.286 e. The molecule has 0 aliphatic carbocycles. The van der Waals surface area contributed by atoms with Crippen molar-refractivity contribution in [2.45, 2.75) is 23.8 Å². The van der Waals surface area contributed by atoms with Gasteiger partial charge in [-0.3, -0.25) is 4.79 Å². The Hall–Kier alpha value is -2.60. The second kappa shape index (κ2) is 9.10. The molecule has 1 saturated heterocycles. The van der Waals surface area contributed by atoms with E-state index in [1.165, 1.54) is 47.8 Å². The van der Waals surface area contributed by atoms with Crippen LogP contribution in [0.4, 0.5) is 10.1 Å². The molecule has 4 rings (SSSR count). The van der Waals surface area contributed by atoms with Gasteiger partial charge in [-0.05, 0) is 43.2 Å². The number of methoxy groups -OCH3 is 1. The zero-order valence-corrected chi connectivity index (χ0v) is 19.2. The van der Waals surface area contributed by atoms with Gasteiger partial charge >= 0.3 is 0 Å². The topological polar surface area (TPSA) is 101 Å². The van der Waals surface area contributed by atoms with Gasteiger partial charge < -0.3 is 10.1 Å². The molecular formula is C20H18ClFN4O4S2. The Morgan fingerprint density at radius 1 is 1.28 bits per heavy atom. The Morgan fingerprint density at radius 3 is 2.78 bits per heavy atom. The van der Waals surface area contributed by atoms with Crippen LogP contribution in [-0.2, 0) is 10.0 Å². The lowest BCUT2D eigenvalue weighted by molar-refractivity contribution is 0.102. The molecule has 8 nitrogen and oxygen atoms in total. The van der Waals surface area contributed by atoms with Crippen molar-refractivity contribution in [3.63, 3.8) is 0 Å². The van der Waals surface area contributed by atoms with Gasteiger partial charge in [0.2, 0.25) is 15.0 Å². The minimum Gasteiger partial charge on any atom is -0.495 e. The molecule has 0 saturated carbocycles. The SMILES string of the molecule is COc1ccc(S(=O)(=O)N2CCC[C@H]2c2nnc(C(=O)Nc3ccccc3F)s2)cc1Cl. The molecule has 0 radical (unpaired) electrons. The largest absolute Gasteiger partial charge is 0.495 e. The van der Waals surface area contributed by atoms with Crippen molar-refractivity contribution < 1.29 is 22.3 Å². The summed E-state index contributed by atoms with van der Waals surface area (Å²) in [5.74, 6) is -0.816. The van der Waals surface area contributed by atoms with Gasteiger partial charge in [0.25, 0.3) is 5.91 Å². The maximum absolute atomic E-state index is 13.8. The van der Waals surface area contributed by atoms with Crippen LogP contribution >= 0.6 is 22.9 Å². The van der Waals surface area contributed by atoms with Crippen molar-refractivity contribution in [1.29, 1.82) is 0 Å². The van der Waals surface area contributed by atoms with Crippen LogP contribution in [0, 0.1) is 5.82 Å². The first-order chi connectivity index (χ1) is 15.3. The fraction of sp³-hybridized carbons (Fsp3) is 0.250. The van der Waals surface area contributed by atoms with E-state index in [-0.39, 0.29) is 20.6 Å². The maximum Gasteiger partial charge on any atom is 0.286 e. The second-order valence-electron chi connectivity index (χ2n) is 6.95. The van der Waals surface area contributed by atoms with Crippen LogP contribution in [0.15, 0.2) is 47.4 Å². The molecule has 1 amide bonds. The number of halogens is 2. The fourth-order valence-corrected chi connectivity index (χ4v) is 6.38. The van der Waals surface area contributed by atoms with Crippen molar-refractivity contribution in [2.75, 3.05) is 19.0 Å². The monoisotopic (exact) mass is 496 g/mol. The van der Waals surface area contributed by atoms with Crippen LogP contribution in [0.1, 0.15) is 33.7 Å². The molecular weight excluding hydrogens is 479 g/mol. The minimum atomic E-state index is -3.87. The molecule has 12 heteroatoms. The summed E-state index contributed by atoms with van der Waals surface area (Å²) in [6, 6.07) is 9.48. The number of benzene rings is 2. The molecule has 2 aromatic carbocycles. The van der Waals surface area contributed by atoms with Crippen molar-refractivity contribution >= 4 is 44.6 Å². The molecule has 0 bridgehead atoms. The Labute approximate surface area is 193 Å². The van der Waals surface area contributed by atoms with Crippen molar-refractivity contribution in [2.24, 2.45) is 0 Å².